The Morgan fingerprint density at radius 2 is 1.75 bits per heavy atom. The maximum absolute atomic E-state index is 6.15. The third kappa shape index (κ3) is 4.39. The Kier molecular flexibility index (Phi) is 5.74. The standard InChI is InChI=1S/C16H16Cl3N/c1-11(13-3-2-4-14(17)9-13)20-8-7-12-5-6-15(18)10-16(12)19/h2-6,9-11,20H,7-8H2,1H3. The molecule has 0 spiro atoms. The molecule has 2 rings (SSSR count). The highest BCUT2D eigenvalue weighted by atomic mass is 35.5. The van der Waals surface area contributed by atoms with Crippen LogP contribution < -0.4 is 5.32 Å². The Labute approximate surface area is 134 Å². The van der Waals surface area contributed by atoms with Crippen molar-refractivity contribution in [3.05, 3.63) is 68.7 Å². The van der Waals surface area contributed by atoms with Crippen molar-refractivity contribution in [2.24, 2.45) is 0 Å². The number of rotatable bonds is 5. The fourth-order valence-corrected chi connectivity index (χ4v) is 2.74. The molecule has 0 aliphatic heterocycles. The van der Waals surface area contributed by atoms with Gasteiger partial charge in [-0.2, -0.15) is 0 Å². The predicted molar refractivity (Wildman–Crippen MR) is 88.0 cm³/mol. The number of halogens is 3. The SMILES string of the molecule is CC(NCCc1ccc(Cl)cc1Cl)c1cccc(Cl)c1. The molecule has 0 amide bonds. The van der Waals surface area contributed by atoms with Crippen LogP contribution in [0.25, 0.3) is 0 Å². The van der Waals surface area contributed by atoms with Gasteiger partial charge in [0.05, 0.1) is 0 Å². The number of hydrogen-bond acceptors (Lipinski definition) is 1. The highest BCUT2D eigenvalue weighted by molar-refractivity contribution is 6.35. The van der Waals surface area contributed by atoms with E-state index >= 15 is 0 Å². The van der Waals surface area contributed by atoms with Crippen LogP contribution in [-0.2, 0) is 6.42 Å². The van der Waals surface area contributed by atoms with Gasteiger partial charge in [-0.05, 0) is 55.3 Å². The van der Waals surface area contributed by atoms with Crippen molar-refractivity contribution < 1.29 is 0 Å². The summed E-state index contributed by atoms with van der Waals surface area (Å²) in [5, 5.41) is 5.61. The molecule has 2 aromatic rings. The molecule has 0 radical (unpaired) electrons. The molecule has 0 aromatic heterocycles. The van der Waals surface area contributed by atoms with E-state index in [1.54, 1.807) is 6.07 Å². The van der Waals surface area contributed by atoms with Crippen LogP contribution in [0.15, 0.2) is 42.5 Å². The zero-order valence-electron chi connectivity index (χ0n) is 11.2. The monoisotopic (exact) mass is 327 g/mol. The second-order valence-electron chi connectivity index (χ2n) is 4.72. The first-order valence-corrected chi connectivity index (χ1v) is 7.62. The quantitative estimate of drug-likeness (QED) is 0.760. The van der Waals surface area contributed by atoms with Crippen LogP contribution in [0.5, 0.6) is 0 Å². The Hall–Kier alpha value is -0.730. The first kappa shape index (κ1) is 15.7. The summed E-state index contributed by atoms with van der Waals surface area (Å²) in [5.74, 6) is 0. The molecule has 1 unspecified atom stereocenters. The lowest BCUT2D eigenvalue weighted by molar-refractivity contribution is 0.577. The Balaban J connectivity index is 1.89. The minimum atomic E-state index is 0.250. The van der Waals surface area contributed by atoms with Gasteiger partial charge in [0.15, 0.2) is 0 Å². The van der Waals surface area contributed by atoms with Gasteiger partial charge in [-0.25, -0.2) is 0 Å². The molecule has 20 heavy (non-hydrogen) atoms. The summed E-state index contributed by atoms with van der Waals surface area (Å²) in [6.07, 6.45) is 0.862. The molecular formula is C16H16Cl3N. The number of hydrogen-bond donors (Lipinski definition) is 1. The van der Waals surface area contributed by atoms with Crippen LogP contribution in [-0.4, -0.2) is 6.54 Å². The average molecular weight is 329 g/mol. The van der Waals surface area contributed by atoms with E-state index in [0.29, 0.717) is 5.02 Å². The van der Waals surface area contributed by atoms with Gasteiger partial charge in [0.25, 0.3) is 0 Å². The van der Waals surface area contributed by atoms with E-state index in [0.717, 1.165) is 28.6 Å². The molecule has 4 heteroatoms. The Morgan fingerprint density at radius 3 is 2.45 bits per heavy atom. The lowest BCUT2D eigenvalue weighted by Crippen LogP contribution is -2.21. The normalized spacial score (nSPS) is 12.4. The first-order valence-electron chi connectivity index (χ1n) is 6.49. The lowest BCUT2D eigenvalue weighted by Gasteiger charge is -2.15. The number of benzene rings is 2. The second kappa shape index (κ2) is 7.33. The van der Waals surface area contributed by atoms with Crippen LogP contribution in [0.2, 0.25) is 15.1 Å². The Bertz CT molecular complexity index is 584. The molecule has 0 saturated heterocycles. The van der Waals surface area contributed by atoms with Gasteiger partial charge in [-0.15, -0.1) is 0 Å². The largest absolute Gasteiger partial charge is 0.310 e. The maximum atomic E-state index is 6.15. The van der Waals surface area contributed by atoms with Gasteiger partial charge >= 0.3 is 0 Å². The van der Waals surface area contributed by atoms with E-state index in [4.69, 9.17) is 34.8 Å². The van der Waals surface area contributed by atoms with E-state index in [1.807, 2.05) is 30.3 Å². The molecule has 0 heterocycles. The minimum absolute atomic E-state index is 0.250. The van der Waals surface area contributed by atoms with Crippen molar-refractivity contribution in [2.45, 2.75) is 19.4 Å². The maximum Gasteiger partial charge on any atom is 0.0453 e. The van der Waals surface area contributed by atoms with Crippen molar-refractivity contribution in [1.82, 2.24) is 5.32 Å². The zero-order valence-corrected chi connectivity index (χ0v) is 13.4. The fourth-order valence-electron chi connectivity index (χ4n) is 2.04. The molecule has 0 bridgehead atoms. The molecule has 106 valence electrons. The number of nitrogens with one attached hydrogen (secondary N) is 1. The molecule has 1 nitrogen and oxygen atoms in total. The molecule has 0 aliphatic rings. The third-order valence-corrected chi connectivity index (χ3v) is 4.03. The summed E-state index contributed by atoms with van der Waals surface area (Å²) in [6, 6.07) is 13.8. The van der Waals surface area contributed by atoms with E-state index in [2.05, 4.69) is 18.3 Å². The average Bonchev–Trinajstić information content (AvgIpc) is 2.41. The molecular weight excluding hydrogens is 313 g/mol. The van der Waals surface area contributed by atoms with Crippen LogP contribution in [0.4, 0.5) is 0 Å². The fraction of sp³-hybridized carbons (Fsp3) is 0.250. The van der Waals surface area contributed by atoms with Crippen LogP contribution >= 0.6 is 34.8 Å². The van der Waals surface area contributed by atoms with E-state index in [-0.39, 0.29) is 6.04 Å². The summed E-state index contributed by atoms with van der Waals surface area (Å²) < 4.78 is 0. The summed E-state index contributed by atoms with van der Waals surface area (Å²) >= 11 is 18.0. The van der Waals surface area contributed by atoms with Crippen molar-refractivity contribution >= 4 is 34.8 Å². The van der Waals surface area contributed by atoms with Crippen molar-refractivity contribution in [3.63, 3.8) is 0 Å². The summed E-state index contributed by atoms with van der Waals surface area (Å²) in [5.41, 5.74) is 2.28. The van der Waals surface area contributed by atoms with Crippen molar-refractivity contribution in [2.75, 3.05) is 6.54 Å². The van der Waals surface area contributed by atoms with Crippen LogP contribution in [0, 0.1) is 0 Å². The van der Waals surface area contributed by atoms with Crippen molar-refractivity contribution in [3.8, 4) is 0 Å². The smallest absolute Gasteiger partial charge is 0.0453 e. The molecule has 2 aromatic carbocycles. The van der Waals surface area contributed by atoms with E-state index < -0.39 is 0 Å². The Morgan fingerprint density at radius 1 is 1.00 bits per heavy atom. The van der Waals surface area contributed by atoms with E-state index in [9.17, 15) is 0 Å². The van der Waals surface area contributed by atoms with Gasteiger partial charge in [0.2, 0.25) is 0 Å². The van der Waals surface area contributed by atoms with Crippen molar-refractivity contribution in [1.29, 1.82) is 0 Å². The molecule has 1 atom stereocenters. The lowest BCUT2D eigenvalue weighted by atomic mass is 10.1. The first-order chi connectivity index (χ1) is 9.56. The molecule has 0 fully saturated rings. The van der Waals surface area contributed by atoms with E-state index in [1.165, 1.54) is 5.56 Å². The summed E-state index contributed by atoms with van der Waals surface area (Å²) in [4.78, 5) is 0. The van der Waals surface area contributed by atoms with Gasteiger partial charge in [-0.3, -0.25) is 0 Å². The highest BCUT2D eigenvalue weighted by Gasteiger charge is 2.06. The molecule has 0 aliphatic carbocycles. The third-order valence-electron chi connectivity index (χ3n) is 3.21. The van der Waals surface area contributed by atoms with Crippen LogP contribution in [0.1, 0.15) is 24.1 Å². The van der Waals surface area contributed by atoms with Crippen LogP contribution in [0.3, 0.4) is 0 Å². The predicted octanol–water partition coefficient (Wildman–Crippen LogP) is 5.54. The molecule has 0 saturated carbocycles. The second-order valence-corrected chi connectivity index (χ2v) is 6.00. The topological polar surface area (TPSA) is 12.0 Å². The summed E-state index contributed by atoms with van der Waals surface area (Å²) in [6.45, 7) is 2.96. The summed E-state index contributed by atoms with van der Waals surface area (Å²) in [7, 11) is 0. The zero-order chi connectivity index (χ0) is 14.5. The van der Waals surface area contributed by atoms with Gasteiger partial charge in [0, 0.05) is 21.1 Å². The molecule has 1 N–H and O–H groups in total. The van der Waals surface area contributed by atoms with Gasteiger partial charge in [0.1, 0.15) is 0 Å². The highest BCUT2D eigenvalue weighted by Crippen LogP contribution is 2.22. The minimum Gasteiger partial charge on any atom is -0.310 e. The van der Waals surface area contributed by atoms with Gasteiger partial charge < -0.3 is 5.32 Å². The van der Waals surface area contributed by atoms with Gasteiger partial charge in [-0.1, -0.05) is 53.0 Å².